The summed E-state index contributed by atoms with van der Waals surface area (Å²) in [6.45, 7) is -0.320. The van der Waals surface area contributed by atoms with Crippen molar-refractivity contribution in [3.63, 3.8) is 0 Å². The van der Waals surface area contributed by atoms with Crippen molar-refractivity contribution in [2.75, 3.05) is 11.9 Å². The highest BCUT2D eigenvalue weighted by molar-refractivity contribution is 6.17. The molecule has 1 fully saturated rings. The molecule has 124 valence electrons. The number of aliphatic imine (C=N–C) groups is 1. The maximum atomic E-state index is 12.4. The summed E-state index contributed by atoms with van der Waals surface area (Å²) in [5, 5.41) is 41.2. The van der Waals surface area contributed by atoms with Crippen molar-refractivity contribution in [2.24, 2.45) is 4.99 Å². The number of guanidine groups is 1. The van der Waals surface area contributed by atoms with Crippen LogP contribution in [0.15, 0.2) is 11.3 Å². The summed E-state index contributed by atoms with van der Waals surface area (Å²) >= 11 is 0. The van der Waals surface area contributed by atoms with Crippen LogP contribution in [-0.4, -0.2) is 78.0 Å². The van der Waals surface area contributed by atoms with Gasteiger partial charge in [-0.3, -0.25) is 9.36 Å². The molecule has 1 aromatic heterocycles. The fourth-order valence-corrected chi connectivity index (χ4v) is 2.95. The van der Waals surface area contributed by atoms with Gasteiger partial charge >= 0.3 is 0 Å². The number of anilines is 1. The van der Waals surface area contributed by atoms with Gasteiger partial charge in [-0.25, -0.2) is 14.9 Å². The number of aromatic nitrogens is 2. The van der Waals surface area contributed by atoms with E-state index in [1.54, 1.807) is 0 Å². The molecular formula is C12H15N5O6. The molecule has 0 aromatic carbocycles. The molecule has 0 aliphatic carbocycles. The Labute approximate surface area is 129 Å². The normalized spacial score (nSPS) is 35.8. The molecule has 5 N–H and O–H groups in total. The molecule has 4 heterocycles. The van der Waals surface area contributed by atoms with Gasteiger partial charge in [-0.15, -0.1) is 0 Å². The summed E-state index contributed by atoms with van der Waals surface area (Å²) in [7, 11) is 0. The average molecular weight is 325 g/mol. The molecule has 11 nitrogen and oxygen atoms in total. The quantitative estimate of drug-likeness (QED) is 0.397. The number of nitrogens with zero attached hydrogens (tertiary/aromatic N) is 4. The molecule has 1 aromatic rings. The summed E-state index contributed by atoms with van der Waals surface area (Å²) in [4.78, 5) is 21.1. The summed E-state index contributed by atoms with van der Waals surface area (Å²) in [6.07, 6.45) is -3.44. The molecular weight excluding hydrogens is 310 g/mol. The highest BCUT2D eigenvalue weighted by Gasteiger charge is 2.45. The Hall–Kier alpha value is -2.05. The Bertz CT molecular complexity index is 689. The molecule has 1 saturated heterocycles. The van der Waals surface area contributed by atoms with Gasteiger partial charge < -0.3 is 30.5 Å². The number of carbonyl (C=O) groups is 1. The monoisotopic (exact) mass is 325 g/mol. The number of hydrogen-bond acceptors (Lipinski definition) is 9. The molecule has 3 aliphatic rings. The number of fused-ring (bicyclic) bond motifs is 2. The van der Waals surface area contributed by atoms with Crippen LogP contribution < -0.4 is 5.32 Å². The van der Waals surface area contributed by atoms with E-state index >= 15 is 0 Å². The van der Waals surface area contributed by atoms with E-state index in [4.69, 9.17) is 9.84 Å². The number of carbonyl (C=O) groups excluding carboxylic acids is 1. The lowest BCUT2D eigenvalue weighted by molar-refractivity contribution is -0.0438. The Balaban J connectivity index is 1.68. The average Bonchev–Trinajstić information content (AvgIpc) is 3.17. The molecule has 0 bridgehead atoms. The number of nitrogens with one attached hydrogen (secondary N) is 1. The lowest BCUT2D eigenvalue weighted by Gasteiger charge is -2.28. The zero-order valence-electron chi connectivity index (χ0n) is 11.8. The van der Waals surface area contributed by atoms with E-state index in [1.165, 1.54) is 10.9 Å². The van der Waals surface area contributed by atoms with Crippen molar-refractivity contribution in [2.45, 2.75) is 37.3 Å². The van der Waals surface area contributed by atoms with Crippen molar-refractivity contribution in [1.29, 1.82) is 0 Å². The van der Waals surface area contributed by atoms with E-state index < -0.39 is 36.8 Å². The second-order valence-electron chi connectivity index (χ2n) is 5.54. The Morgan fingerprint density at radius 3 is 2.87 bits per heavy atom. The summed E-state index contributed by atoms with van der Waals surface area (Å²) < 4.78 is 7.06. The van der Waals surface area contributed by atoms with E-state index in [0.717, 1.165) is 4.90 Å². The van der Waals surface area contributed by atoms with Crippen molar-refractivity contribution in [1.82, 2.24) is 14.5 Å². The van der Waals surface area contributed by atoms with Gasteiger partial charge in [-0.1, -0.05) is 0 Å². The van der Waals surface area contributed by atoms with Gasteiger partial charge in [0, 0.05) is 6.42 Å². The Kier molecular flexibility index (Phi) is 3.14. The van der Waals surface area contributed by atoms with Gasteiger partial charge in [0.1, 0.15) is 18.1 Å². The molecule has 3 aliphatic heterocycles. The molecule has 23 heavy (non-hydrogen) atoms. The van der Waals surface area contributed by atoms with E-state index in [-0.39, 0.29) is 24.7 Å². The van der Waals surface area contributed by atoms with Gasteiger partial charge in [0.15, 0.2) is 18.1 Å². The third-order valence-corrected chi connectivity index (χ3v) is 4.15. The third-order valence-electron chi connectivity index (χ3n) is 4.15. The number of aliphatic hydroxyl groups is 4. The highest BCUT2D eigenvalue weighted by atomic mass is 16.5. The SMILES string of the molecule is O=C1c2ncn([C@H]3C[C@H](O)[C@@H](CO)O3)c2NC2=NC(O)C(O)N12. The van der Waals surface area contributed by atoms with Crippen LogP contribution in [0.4, 0.5) is 5.82 Å². The highest BCUT2D eigenvalue weighted by Crippen LogP contribution is 2.35. The van der Waals surface area contributed by atoms with Gasteiger partial charge in [-0.2, -0.15) is 0 Å². The Morgan fingerprint density at radius 1 is 1.39 bits per heavy atom. The largest absolute Gasteiger partial charge is 0.394 e. The van der Waals surface area contributed by atoms with E-state index in [9.17, 15) is 20.1 Å². The van der Waals surface area contributed by atoms with Crippen LogP contribution in [0.3, 0.4) is 0 Å². The smallest absolute Gasteiger partial charge is 0.285 e. The van der Waals surface area contributed by atoms with Crippen LogP contribution in [0.2, 0.25) is 0 Å². The second-order valence-corrected chi connectivity index (χ2v) is 5.54. The third kappa shape index (κ3) is 1.98. The van der Waals surface area contributed by atoms with Crippen LogP contribution in [0.1, 0.15) is 23.1 Å². The number of rotatable bonds is 2. The maximum absolute atomic E-state index is 12.4. The minimum Gasteiger partial charge on any atom is -0.394 e. The molecule has 4 rings (SSSR count). The zero-order chi connectivity index (χ0) is 16.3. The van der Waals surface area contributed by atoms with Crippen LogP contribution in [0, 0.1) is 0 Å². The van der Waals surface area contributed by atoms with Crippen molar-refractivity contribution in [3.8, 4) is 0 Å². The van der Waals surface area contributed by atoms with Crippen LogP contribution in [0.5, 0.6) is 0 Å². The van der Waals surface area contributed by atoms with E-state index in [2.05, 4.69) is 15.3 Å². The molecule has 0 spiro atoms. The predicted molar refractivity (Wildman–Crippen MR) is 73.1 cm³/mol. The lowest BCUT2D eigenvalue weighted by atomic mass is 10.2. The number of hydrogen-bond donors (Lipinski definition) is 5. The van der Waals surface area contributed by atoms with Crippen molar-refractivity contribution < 1.29 is 30.0 Å². The topological polar surface area (TPSA) is 153 Å². The first-order chi connectivity index (χ1) is 11.0. The van der Waals surface area contributed by atoms with Crippen molar-refractivity contribution in [3.05, 3.63) is 12.0 Å². The maximum Gasteiger partial charge on any atom is 0.285 e. The van der Waals surface area contributed by atoms with Crippen LogP contribution in [0.25, 0.3) is 0 Å². The molecule has 2 unspecified atom stereocenters. The van der Waals surface area contributed by atoms with Crippen LogP contribution in [-0.2, 0) is 4.74 Å². The summed E-state index contributed by atoms with van der Waals surface area (Å²) in [5.41, 5.74) is 0.0441. The number of amides is 1. The van der Waals surface area contributed by atoms with Gasteiger partial charge in [0.25, 0.3) is 5.91 Å². The molecule has 5 atom stereocenters. The zero-order valence-corrected chi connectivity index (χ0v) is 11.8. The second kappa shape index (κ2) is 4.97. The molecule has 0 radical (unpaired) electrons. The van der Waals surface area contributed by atoms with Crippen molar-refractivity contribution >= 4 is 17.7 Å². The first-order valence-electron chi connectivity index (χ1n) is 7.07. The van der Waals surface area contributed by atoms with E-state index in [1.807, 2.05) is 0 Å². The fraction of sp³-hybridized carbons (Fsp3) is 0.583. The van der Waals surface area contributed by atoms with E-state index in [0.29, 0.717) is 5.82 Å². The first-order valence-corrected chi connectivity index (χ1v) is 7.07. The summed E-state index contributed by atoms with van der Waals surface area (Å²) in [6, 6.07) is 0. The molecule has 0 saturated carbocycles. The minimum absolute atomic E-state index is 0.0153. The molecule has 1 amide bonds. The first kappa shape index (κ1) is 14.5. The van der Waals surface area contributed by atoms with Gasteiger partial charge in [0.2, 0.25) is 5.96 Å². The molecule has 11 heteroatoms. The Morgan fingerprint density at radius 2 is 2.17 bits per heavy atom. The number of ether oxygens (including phenoxy) is 1. The standard InChI is InChI=1S/C12H15N5O6/c18-2-5-4(19)1-6(23-5)16-3-13-7-8(16)14-12-15-9(20)11(22)17(12)10(7)21/h3-6,9,11,18-20,22H,1-2H2,(H,14,15)/t4-,5+,6+,9?,11?/m0/s1. The van der Waals surface area contributed by atoms with Gasteiger partial charge in [-0.05, 0) is 0 Å². The lowest BCUT2D eigenvalue weighted by Crippen LogP contribution is -2.49. The van der Waals surface area contributed by atoms with Gasteiger partial charge in [0.05, 0.1) is 19.0 Å². The summed E-state index contributed by atoms with van der Waals surface area (Å²) in [5.74, 6) is -0.291. The number of imidazole rings is 1. The minimum atomic E-state index is -1.47. The van der Waals surface area contributed by atoms with Crippen LogP contribution >= 0.6 is 0 Å². The number of aliphatic hydroxyl groups excluding tert-OH is 4. The fourth-order valence-electron chi connectivity index (χ4n) is 2.95. The predicted octanol–water partition coefficient (Wildman–Crippen LogP) is -2.60.